The third-order valence-electron chi connectivity index (χ3n) is 6.97. The van der Waals surface area contributed by atoms with E-state index in [0.717, 1.165) is 48.3 Å². The van der Waals surface area contributed by atoms with E-state index in [0.29, 0.717) is 37.3 Å². The first-order valence-corrected chi connectivity index (χ1v) is 13.0. The zero-order chi connectivity index (χ0) is 23.7. The molecular formula is C26H30N4O3S. The number of anilines is 1. The third kappa shape index (κ3) is 4.64. The lowest BCUT2D eigenvalue weighted by Crippen LogP contribution is -2.48. The lowest BCUT2D eigenvalue weighted by Gasteiger charge is -2.36. The number of hydrogen-bond donors (Lipinski definition) is 1. The Bertz CT molecular complexity index is 1270. The number of rotatable bonds is 5. The van der Waals surface area contributed by atoms with Crippen LogP contribution in [0.15, 0.2) is 29.1 Å². The molecule has 1 aliphatic carbocycles. The van der Waals surface area contributed by atoms with Crippen LogP contribution >= 0.6 is 11.3 Å². The van der Waals surface area contributed by atoms with Crippen molar-refractivity contribution < 1.29 is 9.59 Å². The van der Waals surface area contributed by atoms with E-state index in [-0.39, 0.29) is 17.2 Å². The van der Waals surface area contributed by atoms with Crippen LogP contribution in [-0.2, 0) is 24.1 Å². The molecule has 8 heteroatoms. The van der Waals surface area contributed by atoms with Crippen LogP contribution in [0.4, 0.5) is 5.69 Å². The van der Waals surface area contributed by atoms with Crippen molar-refractivity contribution in [1.82, 2.24) is 14.9 Å². The molecule has 0 radical (unpaired) electrons. The molecule has 3 aromatic rings. The van der Waals surface area contributed by atoms with Gasteiger partial charge in [0.2, 0.25) is 5.91 Å². The first-order valence-electron chi connectivity index (χ1n) is 12.2. The van der Waals surface area contributed by atoms with Gasteiger partial charge in [-0.15, -0.1) is 11.3 Å². The van der Waals surface area contributed by atoms with E-state index in [2.05, 4.69) is 9.88 Å². The number of benzene rings is 1. The van der Waals surface area contributed by atoms with Gasteiger partial charge >= 0.3 is 0 Å². The van der Waals surface area contributed by atoms with Crippen molar-refractivity contribution in [2.45, 2.75) is 51.9 Å². The first kappa shape index (κ1) is 22.8. The maximum absolute atomic E-state index is 12.8. The van der Waals surface area contributed by atoms with E-state index in [9.17, 15) is 14.4 Å². The average molecular weight is 479 g/mol. The summed E-state index contributed by atoms with van der Waals surface area (Å²) in [6, 6.07) is 7.64. The second-order valence-corrected chi connectivity index (χ2v) is 10.3. The zero-order valence-electron chi connectivity index (χ0n) is 19.6. The molecule has 0 unspecified atom stereocenters. The molecule has 0 saturated carbocycles. The summed E-state index contributed by atoms with van der Waals surface area (Å²) >= 11 is 1.65. The number of aryl methyl sites for hydroxylation is 3. The van der Waals surface area contributed by atoms with Gasteiger partial charge in [-0.05, 0) is 62.4 Å². The van der Waals surface area contributed by atoms with Gasteiger partial charge in [-0.25, -0.2) is 4.98 Å². The molecule has 0 spiro atoms. The Kier molecular flexibility index (Phi) is 6.50. The molecule has 1 amide bonds. The van der Waals surface area contributed by atoms with E-state index in [1.54, 1.807) is 18.3 Å². The third-order valence-corrected chi connectivity index (χ3v) is 8.16. The molecule has 3 heterocycles. The van der Waals surface area contributed by atoms with Gasteiger partial charge < -0.3 is 14.8 Å². The topological polar surface area (TPSA) is 86.4 Å². The number of piperazine rings is 1. The molecule has 1 saturated heterocycles. The summed E-state index contributed by atoms with van der Waals surface area (Å²) in [4.78, 5) is 51.0. The fourth-order valence-corrected chi connectivity index (χ4v) is 6.29. The summed E-state index contributed by atoms with van der Waals surface area (Å²) in [5.41, 5.74) is 2.92. The Balaban J connectivity index is 1.19. The van der Waals surface area contributed by atoms with Gasteiger partial charge in [0.1, 0.15) is 10.7 Å². The normalized spacial score (nSPS) is 16.4. The van der Waals surface area contributed by atoms with Crippen LogP contribution in [0, 0.1) is 0 Å². The lowest BCUT2D eigenvalue weighted by atomic mass is 10.1. The molecule has 2 aromatic heterocycles. The Morgan fingerprint density at radius 2 is 1.76 bits per heavy atom. The number of amides is 1. The Hall–Kier alpha value is -3.00. The molecule has 1 N–H and O–H groups in total. The lowest BCUT2D eigenvalue weighted by molar-refractivity contribution is -0.131. The number of hydrogen-bond acceptors (Lipinski definition) is 6. The SMILES string of the molecule is CC(=O)c1ccc(N2CCN(C(=O)CCc3nc4sc5c(c4c(=O)[nH]3)CCCCC5)CC2)cc1. The first-order chi connectivity index (χ1) is 16.5. The molecule has 5 rings (SSSR count). The highest BCUT2D eigenvalue weighted by Gasteiger charge is 2.22. The zero-order valence-corrected chi connectivity index (χ0v) is 20.4. The largest absolute Gasteiger partial charge is 0.368 e. The number of carbonyl (C=O) groups excluding carboxylic acids is 2. The predicted octanol–water partition coefficient (Wildman–Crippen LogP) is 3.74. The number of H-pyrrole nitrogens is 1. The summed E-state index contributed by atoms with van der Waals surface area (Å²) < 4.78 is 0. The molecule has 1 aromatic carbocycles. The fourth-order valence-electron chi connectivity index (χ4n) is 5.01. The molecule has 7 nitrogen and oxygen atoms in total. The molecule has 1 aliphatic heterocycles. The quantitative estimate of drug-likeness (QED) is 0.446. The van der Waals surface area contributed by atoms with Crippen molar-refractivity contribution >= 4 is 38.9 Å². The maximum Gasteiger partial charge on any atom is 0.259 e. The van der Waals surface area contributed by atoms with Crippen LogP contribution in [-0.4, -0.2) is 52.7 Å². The van der Waals surface area contributed by atoms with Crippen LogP contribution in [0.5, 0.6) is 0 Å². The van der Waals surface area contributed by atoms with Gasteiger partial charge in [-0.2, -0.15) is 0 Å². The minimum absolute atomic E-state index is 0.0590. The van der Waals surface area contributed by atoms with Crippen molar-refractivity contribution in [3.63, 3.8) is 0 Å². The van der Waals surface area contributed by atoms with Crippen molar-refractivity contribution in [2.75, 3.05) is 31.1 Å². The fraction of sp³-hybridized carbons (Fsp3) is 0.462. The number of fused-ring (bicyclic) bond motifs is 3. The van der Waals surface area contributed by atoms with E-state index >= 15 is 0 Å². The average Bonchev–Trinajstić information content (AvgIpc) is 3.04. The molecule has 178 valence electrons. The van der Waals surface area contributed by atoms with E-state index < -0.39 is 0 Å². The number of nitrogens with one attached hydrogen (secondary N) is 1. The van der Waals surface area contributed by atoms with Crippen molar-refractivity contribution in [3.8, 4) is 0 Å². The van der Waals surface area contributed by atoms with E-state index in [4.69, 9.17) is 4.98 Å². The van der Waals surface area contributed by atoms with Crippen LogP contribution in [0.1, 0.15) is 59.2 Å². The summed E-state index contributed by atoms with van der Waals surface area (Å²) in [5.74, 6) is 0.758. The van der Waals surface area contributed by atoms with Crippen LogP contribution in [0.3, 0.4) is 0 Å². The summed E-state index contributed by atoms with van der Waals surface area (Å²) in [6.07, 6.45) is 6.31. The number of ketones is 1. The Labute approximate surface area is 202 Å². The van der Waals surface area contributed by atoms with Crippen LogP contribution in [0.25, 0.3) is 10.2 Å². The standard InChI is InChI=1S/C26H30N4O3S/c1-17(31)18-7-9-19(10-8-18)29-13-15-30(16-14-29)23(32)12-11-22-27-25(33)24-20-5-3-2-4-6-21(20)34-26(24)28-22/h7-10H,2-6,11-16H2,1H3,(H,27,28,33). The number of thiophene rings is 1. The molecule has 0 bridgehead atoms. The molecule has 0 atom stereocenters. The second kappa shape index (κ2) is 9.70. The van der Waals surface area contributed by atoms with Gasteiger partial charge in [0.25, 0.3) is 5.56 Å². The van der Waals surface area contributed by atoms with Gasteiger partial charge in [-0.3, -0.25) is 14.4 Å². The maximum atomic E-state index is 12.8. The Morgan fingerprint density at radius 1 is 1.03 bits per heavy atom. The highest BCUT2D eigenvalue weighted by molar-refractivity contribution is 7.18. The minimum atomic E-state index is -0.0590. The predicted molar refractivity (Wildman–Crippen MR) is 135 cm³/mol. The molecular weight excluding hydrogens is 448 g/mol. The molecule has 2 aliphatic rings. The number of aromatic nitrogens is 2. The van der Waals surface area contributed by atoms with Crippen LogP contribution in [0.2, 0.25) is 0 Å². The Morgan fingerprint density at radius 3 is 2.50 bits per heavy atom. The number of aromatic amines is 1. The second-order valence-electron chi connectivity index (χ2n) is 9.23. The van der Waals surface area contributed by atoms with E-state index in [1.807, 2.05) is 29.2 Å². The number of carbonyl (C=O) groups is 2. The summed E-state index contributed by atoms with van der Waals surface area (Å²) in [6.45, 7) is 4.40. The van der Waals surface area contributed by atoms with E-state index in [1.165, 1.54) is 23.3 Å². The summed E-state index contributed by atoms with van der Waals surface area (Å²) in [5, 5.41) is 0.768. The van der Waals surface area contributed by atoms with Crippen molar-refractivity contribution in [3.05, 3.63) is 56.4 Å². The number of nitrogens with zero attached hydrogens (tertiary/aromatic N) is 3. The summed E-state index contributed by atoms with van der Waals surface area (Å²) in [7, 11) is 0. The van der Waals surface area contributed by atoms with Gasteiger partial charge in [0, 0.05) is 55.1 Å². The highest BCUT2D eigenvalue weighted by atomic mass is 32.1. The monoisotopic (exact) mass is 478 g/mol. The van der Waals surface area contributed by atoms with Crippen molar-refractivity contribution in [1.29, 1.82) is 0 Å². The molecule has 34 heavy (non-hydrogen) atoms. The van der Waals surface area contributed by atoms with Gasteiger partial charge in [0.05, 0.1) is 5.39 Å². The minimum Gasteiger partial charge on any atom is -0.368 e. The number of Topliss-reactive ketones (excluding diaryl/α,β-unsaturated/α-hetero) is 1. The van der Waals surface area contributed by atoms with Crippen molar-refractivity contribution in [2.24, 2.45) is 0 Å². The molecule has 1 fully saturated rings. The smallest absolute Gasteiger partial charge is 0.259 e. The van der Waals surface area contributed by atoms with Crippen LogP contribution < -0.4 is 10.5 Å². The highest BCUT2D eigenvalue weighted by Crippen LogP contribution is 2.32. The van der Waals surface area contributed by atoms with Gasteiger partial charge in [-0.1, -0.05) is 6.42 Å². The van der Waals surface area contributed by atoms with Gasteiger partial charge in [0.15, 0.2) is 5.78 Å².